The van der Waals surface area contributed by atoms with E-state index in [1.165, 1.54) is 0 Å². The van der Waals surface area contributed by atoms with E-state index < -0.39 is 0 Å². The van der Waals surface area contributed by atoms with Gasteiger partial charge in [-0.15, -0.1) is 0 Å². The minimum absolute atomic E-state index is 0.142. The minimum atomic E-state index is 0.142. The summed E-state index contributed by atoms with van der Waals surface area (Å²) in [7, 11) is 0. The van der Waals surface area contributed by atoms with E-state index in [1.54, 1.807) is 12.4 Å². The summed E-state index contributed by atoms with van der Waals surface area (Å²) in [6, 6.07) is 7.91. The summed E-state index contributed by atoms with van der Waals surface area (Å²) < 4.78 is 0. The lowest BCUT2D eigenvalue weighted by Crippen LogP contribution is -2.09. The molecule has 0 fully saturated rings. The summed E-state index contributed by atoms with van der Waals surface area (Å²) in [6.07, 6.45) is 3.43. The second kappa shape index (κ2) is 6.38. The van der Waals surface area contributed by atoms with Gasteiger partial charge in [-0.1, -0.05) is 23.7 Å². The summed E-state index contributed by atoms with van der Waals surface area (Å²) in [5.74, 6) is 1.52. The van der Waals surface area contributed by atoms with Crippen LogP contribution < -0.4 is 10.6 Å². The summed E-state index contributed by atoms with van der Waals surface area (Å²) in [6.45, 7) is 4.92. The molecule has 0 aliphatic carbocycles. The molecule has 1 aromatic heterocycles. The number of hydrogen-bond acceptors (Lipinski definition) is 4. The lowest BCUT2D eigenvalue weighted by molar-refractivity contribution is 0.871. The molecule has 19 heavy (non-hydrogen) atoms. The molecule has 1 heterocycles. The van der Waals surface area contributed by atoms with E-state index in [4.69, 9.17) is 11.6 Å². The SMILES string of the molecule is CCNc1cncc(NC(C)c2ccc(Cl)cc2)n1. The third kappa shape index (κ3) is 3.83. The first-order valence-corrected chi connectivity index (χ1v) is 6.64. The van der Waals surface area contributed by atoms with Gasteiger partial charge in [0, 0.05) is 17.6 Å². The lowest BCUT2D eigenvalue weighted by atomic mass is 10.1. The van der Waals surface area contributed by atoms with Crippen molar-refractivity contribution in [2.45, 2.75) is 19.9 Å². The number of halogens is 1. The Morgan fingerprint density at radius 3 is 2.53 bits per heavy atom. The Morgan fingerprint density at radius 2 is 1.84 bits per heavy atom. The van der Waals surface area contributed by atoms with Crippen LogP contribution in [-0.2, 0) is 0 Å². The van der Waals surface area contributed by atoms with Crippen molar-refractivity contribution in [2.24, 2.45) is 0 Å². The lowest BCUT2D eigenvalue weighted by Gasteiger charge is -2.15. The largest absolute Gasteiger partial charge is 0.369 e. The van der Waals surface area contributed by atoms with Crippen molar-refractivity contribution >= 4 is 23.2 Å². The Kier molecular flexibility index (Phi) is 4.58. The molecule has 0 aliphatic rings. The molecule has 1 aromatic carbocycles. The highest BCUT2D eigenvalue weighted by Crippen LogP contribution is 2.20. The molecule has 2 rings (SSSR count). The average Bonchev–Trinajstić information content (AvgIpc) is 2.40. The number of nitrogens with one attached hydrogen (secondary N) is 2. The van der Waals surface area contributed by atoms with Crippen LogP contribution in [0, 0.1) is 0 Å². The van der Waals surface area contributed by atoms with E-state index in [9.17, 15) is 0 Å². The third-order valence-electron chi connectivity index (χ3n) is 2.73. The molecule has 0 bridgehead atoms. The van der Waals surface area contributed by atoms with Crippen LogP contribution in [0.1, 0.15) is 25.5 Å². The van der Waals surface area contributed by atoms with Gasteiger partial charge < -0.3 is 10.6 Å². The molecule has 0 radical (unpaired) electrons. The molecule has 0 saturated carbocycles. The van der Waals surface area contributed by atoms with Crippen molar-refractivity contribution < 1.29 is 0 Å². The minimum Gasteiger partial charge on any atom is -0.369 e. The Morgan fingerprint density at radius 1 is 1.16 bits per heavy atom. The maximum Gasteiger partial charge on any atom is 0.147 e. The van der Waals surface area contributed by atoms with E-state index in [1.807, 2.05) is 31.2 Å². The number of hydrogen-bond donors (Lipinski definition) is 2. The summed E-state index contributed by atoms with van der Waals surface area (Å²) >= 11 is 5.88. The van der Waals surface area contributed by atoms with Crippen molar-refractivity contribution in [2.75, 3.05) is 17.2 Å². The molecule has 1 unspecified atom stereocenters. The molecule has 4 nitrogen and oxygen atoms in total. The fourth-order valence-electron chi connectivity index (χ4n) is 1.76. The van der Waals surface area contributed by atoms with Crippen LogP contribution in [0.3, 0.4) is 0 Å². The van der Waals surface area contributed by atoms with Crippen molar-refractivity contribution in [1.29, 1.82) is 0 Å². The van der Waals surface area contributed by atoms with E-state index in [0.717, 1.165) is 28.8 Å². The van der Waals surface area contributed by atoms with Crippen LogP contribution in [0.25, 0.3) is 0 Å². The fourth-order valence-corrected chi connectivity index (χ4v) is 1.88. The average molecular weight is 277 g/mol. The highest BCUT2D eigenvalue weighted by Gasteiger charge is 2.06. The van der Waals surface area contributed by atoms with E-state index in [-0.39, 0.29) is 6.04 Å². The van der Waals surface area contributed by atoms with Crippen LogP contribution in [0.2, 0.25) is 5.02 Å². The summed E-state index contributed by atoms with van der Waals surface area (Å²) in [4.78, 5) is 8.59. The Labute approximate surface area is 118 Å². The Hall–Kier alpha value is -1.81. The number of rotatable bonds is 5. The van der Waals surface area contributed by atoms with E-state index >= 15 is 0 Å². The van der Waals surface area contributed by atoms with E-state index in [2.05, 4.69) is 27.5 Å². The van der Waals surface area contributed by atoms with Crippen LogP contribution in [0.15, 0.2) is 36.7 Å². The predicted molar refractivity (Wildman–Crippen MR) is 79.7 cm³/mol. The second-order valence-electron chi connectivity index (χ2n) is 4.24. The number of benzene rings is 1. The first kappa shape index (κ1) is 13.6. The molecule has 0 aliphatic heterocycles. The molecule has 2 aromatic rings. The molecule has 0 spiro atoms. The normalized spacial score (nSPS) is 11.9. The number of aromatic nitrogens is 2. The summed E-state index contributed by atoms with van der Waals surface area (Å²) in [5, 5.41) is 7.20. The van der Waals surface area contributed by atoms with Gasteiger partial charge in [-0.2, -0.15) is 0 Å². The molecule has 100 valence electrons. The Balaban J connectivity index is 2.07. The van der Waals surface area contributed by atoms with Crippen molar-refractivity contribution in [3.05, 3.63) is 47.2 Å². The van der Waals surface area contributed by atoms with Crippen LogP contribution >= 0.6 is 11.6 Å². The molecular weight excluding hydrogens is 260 g/mol. The van der Waals surface area contributed by atoms with Crippen molar-refractivity contribution in [1.82, 2.24) is 9.97 Å². The zero-order valence-electron chi connectivity index (χ0n) is 11.0. The first-order valence-electron chi connectivity index (χ1n) is 6.27. The van der Waals surface area contributed by atoms with E-state index in [0.29, 0.717) is 0 Å². The molecule has 0 saturated heterocycles. The highest BCUT2D eigenvalue weighted by atomic mass is 35.5. The van der Waals surface area contributed by atoms with Gasteiger partial charge in [-0.3, -0.25) is 4.98 Å². The van der Waals surface area contributed by atoms with Gasteiger partial charge in [0.1, 0.15) is 11.6 Å². The zero-order chi connectivity index (χ0) is 13.7. The van der Waals surface area contributed by atoms with Crippen molar-refractivity contribution in [3.8, 4) is 0 Å². The summed E-state index contributed by atoms with van der Waals surface area (Å²) in [5.41, 5.74) is 1.15. The van der Waals surface area contributed by atoms with Gasteiger partial charge in [-0.25, -0.2) is 4.98 Å². The topological polar surface area (TPSA) is 49.8 Å². The van der Waals surface area contributed by atoms with Gasteiger partial charge in [0.15, 0.2) is 0 Å². The monoisotopic (exact) mass is 276 g/mol. The third-order valence-corrected chi connectivity index (χ3v) is 2.98. The standard InChI is InChI=1S/C14H17ClN4/c1-3-17-13-8-16-9-14(19-13)18-10(2)11-4-6-12(15)7-5-11/h4-10H,3H2,1-2H3,(H2,17,18,19). The van der Waals surface area contributed by atoms with Crippen LogP contribution in [-0.4, -0.2) is 16.5 Å². The predicted octanol–water partition coefficient (Wildman–Crippen LogP) is 3.73. The maximum absolute atomic E-state index is 5.88. The van der Waals surface area contributed by atoms with Crippen molar-refractivity contribution in [3.63, 3.8) is 0 Å². The highest BCUT2D eigenvalue weighted by molar-refractivity contribution is 6.30. The fraction of sp³-hybridized carbons (Fsp3) is 0.286. The van der Waals surface area contributed by atoms with Gasteiger partial charge in [0.2, 0.25) is 0 Å². The van der Waals surface area contributed by atoms with Gasteiger partial charge >= 0.3 is 0 Å². The van der Waals surface area contributed by atoms with Gasteiger partial charge in [-0.05, 0) is 31.5 Å². The molecule has 2 N–H and O–H groups in total. The van der Waals surface area contributed by atoms with Crippen LogP contribution in [0.5, 0.6) is 0 Å². The second-order valence-corrected chi connectivity index (χ2v) is 4.67. The zero-order valence-corrected chi connectivity index (χ0v) is 11.8. The molecule has 5 heteroatoms. The van der Waals surface area contributed by atoms with Gasteiger partial charge in [0.25, 0.3) is 0 Å². The number of anilines is 2. The van der Waals surface area contributed by atoms with Crippen LogP contribution in [0.4, 0.5) is 11.6 Å². The molecule has 1 atom stereocenters. The Bertz CT molecular complexity index is 527. The first-order chi connectivity index (χ1) is 9.19. The molecule has 0 amide bonds. The smallest absolute Gasteiger partial charge is 0.147 e. The maximum atomic E-state index is 5.88. The quantitative estimate of drug-likeness (QED) is 0.874. The number of nitrogens with zero attached hydrogens (tertiary/aromatic N) is 2. The van der Waals surface area contributed by atoms with Gasteiger partial charge in [0.05, 0.1) is 12.4 Å². The molecular formula is C14H17ClN4.